The number of rotatable bonds is 9. The van der Waals surface area contributed by atoms with Gasteiger partial charge in [0.1, 0.15) is 5.75 Å². The van der Waals surface area contributed by atoms with E-state index in [1.54, 1.807) is 7.11 Å². The number of halogens is 1. The van der Waals surface area contributed by atoms with Crippen molar-refractivity contribution in [2.45, 2.75) is 39.7 Å². The van der Waals surface area contributed by atoms with Gasteiger partial charge in [-0.2, -0.15) is 0 Å². The lowest BCUT2D eigenvalue weighted by Crippen LogP contribution is -2.52. The summed E-state index contributed by atoms with van der Waals surface area (Å²) in [6.07, 6.45) is 2.33. The number of piperazine rings is 1. The first kappa shape index (κ1) is 25.8. The van der Waals surface area contributed by atoms with Crippen molar-refractivity contribution >= 4 is 35.6 Å². The molecule has 0 saturated carbocycles. The van der Waals surface area contributed by atoms with E-state index in [1.165, 1.54) is 12.1 Å². The van der Waals surface area contributed by atoms with Gasteiger partial charge in [0.15, 0.2) is 5.96 Å². The minimum Gasteiger partial charge on any atom is -0.497 e. The second kappa shape index (κ2) is 13.9. The standard InChI is InChI=1S/C22H39N5O.HI/c1-6-23-22(24-12-7-8-13-25(4)19(2)3)27-16-14-26(15-17-27)20-10-9-11-21(18-20)28-5;/h9-11,18-19H,6-8,12-17H2,1-5H3,(H,23,24);1H. The lowest BCUT2D eigenvalue weighted by Gasteiger charge is -2.37. The Hall–Kier alpha value is -1.22. The highest BCUT2D eigenvalue weighted by Crippen LogP contribution is 2.22. The van der Waals surface area contributed by atoms with Crippen LogP contribution in [0.4, 0.5) is 5.69 Å². The molecule has 166 valence electrons. The molecular formula is C22H40IN5O. The van der Waals surface area contributed by atoms with Crippen LogP contribution in [0.3, 0.4) is 0 Å². The molecule has 0 aromatic heterocycles. The first-order chi connectivity index (χ1) is 13.5. The molecule has 1 saturated heterocycles. The Bertz CT molecular complexity index is 603. The molecule has 0 bridgehead atoms. The van der Waals surface area contributed by atoms with Crippen molar-refractivity contribution in [1.29, 1.82) is 0 Å². The zero-order valence-corrected chi connectivity index (χ0v) is 21.2. The number of aliphatic imine (C=N–C) groups is 1. The van der Waals surface area contributed by atoms with E-state index >= 15 is 0 Å². The maximum atomic E-state index is 5.36. The van der Waals surface area contributed by atoms with Crippen LogP contribution in [0.2, 0.25) is 0 Å². The predicted octanol–water partition coefficient (Wildman–Crippen LogP) is 3.52. The van der Waals surface area contributed by atoms with Gasteiger partial charge in [-0.25, -0.2) is 0 Å². The number of ether oxygens (including phenoxy) is 1. The molecule has 2 rings (SSSR count). The lowest BCUT2D eigenvalue weighted by molar-refractivity contribution is 0.269. The summed E-state index contributed by atoms with van der Waals surface area (Å²) >= 11 is 0. The van der Waals surface area contributed by atoms with E-state index in [2.05, 4.69) is 66.0 Å². The average molecular weight is 518 g/mol. The molecule has 7 heteroatoms. The quantitative estimate of drug-likeness (QED) is 0.235. The van der Waals surface area contributed by atoms with Gasteiger partial charge in [-0.15, -0.1) is 24.0 Å². The second-order valence-electron chi connectivity index (χ2n) is 7.69. The molecule has 1 aliphatic rings. The first-order valence-electron chi connectivity index (χ1n) is 10.7. The molecule has 0 aliphatic carbocycles. The molecule has 29 heavy (non-hydrogen) atoms. The molecule has 0 spiro atoms. The first-order valence-corrected chi connectivity index (χ1v) is 10.7. The number of benzene rings is 1. The highest BCUT2D eigenvalue weighted by Gasteiger charge is 2.20. The van der Waals surface area contributed by atoms with Gasteiger partial charge in [-0.1, -0.05) is 6.07 Å². The number of methoxy groups -OCH3 is 1. The summed E-state index contributed by atoms with van der Waals surface area (Å²) in [7, 11) is 3.91. The molecule has 1 fully saturated rings. The third-order valence-electron chi connectivity index (χ3n) is 5.39. The van der Waals surface area contributed by atoms with Gasteiger partial charge in [0.05, 0.1) is 7.11 Å². The van der Waals surface area contributed by atoms with Gasteiger partial charge in [0.25, 0.3) is 0 Å². The molecule has 0 amide bonds. The number of nitrogens with zero attached hydrogens (tertiary/aromatic N) is 4. The number of nitrogens with one attached hydrogen (secondary N) is 1. The normalized spacial score (nSPS) is 14.9. The molecular weight excluding hydrogens is 477 g/mol. The molecule has 1 N–H and O–H groups in total. The van der Waals surface area contributed by atoms with Crippen molar-refractivity contribution in [3.05, 3.63) is 24.3 Å². The van der Waals surface area contributed by atoms with E-state index < -0.39 is 0 Å². The SMILES string of the molecule is CCNC(=NCCCCN(C)C(C)C)N1CCN(c2cccc(OC)c2)CC1.I. The third kappa shape index (κ3) is 8.58. The average Bonchev–Trinajstić information content (AvgIpc) is 2.72. The molecule has 1 aliphatic heterocycles. The Labute approximate surface area is 194 Å². The summed E-state index contributed by atoms with van der Waals surface area (Å²) in [4.78, 5) is 12.1. The summed E-state index contributed by atoms with van der Waals surface area (Å²) in [6, 6.07) is 8.94. The second-order valence-corrected chi connectivity index (χ2v) is 7.69. The maximum absolute atomic E-state index is 5.36. The Morgan fingerprint density at radius 2 is 1.93 bits per heavy atom. The molecule has 6 nitrogen and oxygen atoms in total. The van der Waals surface area contributed by atoms with E-state index in [0.29, 0.717) is 6.04 Å². The van der Waals surface area contributed by atoms with Crippen molar-refractivity contribution in [3.8, 4) is 5.75 Å². The van der Waals surface area contributed by atoms with Crippen molar-refractivity contribution in [1.82, 2.24) is 15.1 Å². The molecule has 0 radical (unpaired) electrons. The molecule has 1 heterocycles. The largest absolute Gasteiger partial charge is 0.497 e. The minimum atomic E-state index is 0. The van der Waals surface area contributed by atoms with Crippen molar-refractivity contribution in [2.24, 2.45) is 4.99 Å². The van der Waals surface area contributed by atoms with E-state index in [9.17, 15) is 0 Å². The van der Waals surface area contributed by atoms with E-state index in [0.717, 1.165) is 63.9 Å². The van der Waals surface area contributed by atoms with Crippen LogP contribution in [0.25, 0.3) is 0 Å². The minimum absolute atomic E-state index is 0. The molecule has 0 atom stereocenters. The summed E-state index contributed by atoms with van der Waals surface area (Å²) < 4.78 is 5.36. The van der Waals surface area contributed by atoms with Crippen LogP contribution in [0.5, 0.6) is 5.75 Å². The van der Waals surface area contributed by atoms with Crippen LogP contribution < -0.4 is 15.0 Å². The van der Waals surface area contributed by atoms with Crippen LogP contribution in [-0.4, -0.2) is 81.8 Å². The predicted molar refractivity (Wildman–Crippen MR) is 135 cm³/mol. The van der Waals surface area contributed by atoms with Crippen LogP contribution in [0, 0.1) is 0 Å². The van der Waals surface area contributed by atoms with Gasteiger partial charge in [-0.3, -0.25) is 4.99 Å². The lowest BCUT2D eigenvalue weighted by atomic mass is 10.2. The van der Waals surface area contributed by atoms with Crippen LogP contribution in [0.1, 0.15) is 33.6 Å². The van der Waals surface area contributed by atoms with Crippen LogP contribution >= 0.6 is 24.0 Å². The highest BCUT2D eigenvalue weighted by atomic mass is 127. The number of hydrogen-bond acceptors (Lipinski definition) is 4. The van der Waals surface area contributed by atoms with Crippen molar-refractivity contribution in [2.75, 3.05) is 64.9 Å². The molecule has 1 aromatic carbocycles. The van der Waals surface area contributed by atoms with Gasteiger partial charge in [0, 0.05) is 57.1 Å². The maximum Gasteiger partial charge on any atom is 0.194 e. The van der Waals surface area contributed by atoms with Gasteiger partial charge < -0.3 is 24.8 Å². The number of guanidine groups is 1. The monoisotopic (exact) mass is 517 g/mol. The third-order valence-corrected chi connectivity index (χ3v) is 5.39. The Morgan fingerprint density at radius 1 is 1.21 bits per heavy atom. The number of unbranched alkanes of at least 4 members (excludes halogenated alkanes) is 1. The Kier molecular flexibility index (Phi) is 12.4. The summed E-state index contributed by atoms with van der Waals surface area (Å²) in [5.74, 6) is 1.97. The fourth-order valence-corrected chi connectivity index (χ4v) is 3.33. The zero-order chi connectivity index (χ0) is 20.4. The van der Waals surface area contributed by atoms with Crippen LogP contribution in [-0.2, 0) is 0 Å². The highest BCUT2D eigenvalue weighted by molar-refractivity contribution is 14.0. The molecule has 0 unspecified atom stereocenters. The van der Waals surface area contributed by atoms with Gasteiger partial charge in [-0.05, 0) is 59.3 Å². The zero-order valence-electron chi connectivity index (χ0n) is 18.9. The van der Waals surface area contributed by atoms with E-state index in [1.807, 2.05) is 6.07 Å². The van der Waals surface area contributed by atoms with E-state index in [-0.39, 0.29) is 24.0 Å². The van der Waals surface area contributed by atoms with E-state index in [4.69, 9.17) is 9.73 Å². The summed E-state index contributed by atoms with van der Waals surface area (Å²) in [6.45, 7) is 13.5. The van der Waals surface area contributed by atoms with Crippen molar-refractivity contribution < 1.29 is 4.74 Å². The summed E-state index contributed by atoms with van der Waals surface area (Å²) in [5, 5.41) is 3.47. The number of anilines is 1. The topological polar surface area (TPSA) is 43.3 Å². The fraction of sp³-hybridized carbons (Fsp3) is 0.682. The Balaban J connectivity index is 0.00000420. The molecule has 1 aromatic rings. The van der Waals surface area contributed by atoms with Crippen LogP contribution in [0.15, 0.2) is 29.3 Å². The van der Waals surface area contributed by atoms with Crippen molar-refractivity contribution in [3.63, 3.8) is 0 Å². The fourth-order valence-electron chi connectivity index (χ4n) is 3.33. The smallest absolute Gasteiger partial charge is 0.194 e. The van der Waals surface area contributed by atoms with Gasteiger partial charge in [0.2, 0.25) is 0 Å². The summed E-state index contributed by atoms with van der Waals surface area (Å²) in [5.41, 5.74) is 1.23. The van der Waals surface area contributed by atoms with Gasteiger partial charge >= 0.3 is 0 Å². The Morgan fingerprint density at radius 3 is 2.55 bits per heavy atom. The number of hydrogen-bond donors (Lipinski definition) is 1.